The van der Waals surface area contributed by atoms with Crippen LogP contribution >= 0.6 is 11.8 Å². The molecule has 26 heavy (non-hydrogen) atoms. The van der Waals surface area contributed by atoms with Crippen LogP contribution in [0.15, 0.2) is 59.5 Å². The number of thioether (sulfide) groups is 1. The molecule has 1 amide bonds. The van der Waals surface area contributed by atoms with Crippen LogP contribution in [0.4, 0.5) is 8.78 Å². The molecule has 1 saturated heterocycles. The van der Waals surface area contributed by atoms with Gasteiger partial charge in [0.25, 0.3) is 11.7 Å². The van der Waals surface area contributed by atoms with Gasteiger partial charge in [-0.25, -0.2) is 0 Å². The Kier molecular flexibility index (Phi) is 6.63. The molecule has 138 valence electrons. The Morgan fingerprint density at radius 1 is 1.08 bits per heavy atom. The van der Waals surface area contributed by atoms with E-state index in [4.69, 9.17) is 4.74 Å². The Labute approximate surface area is 156 Å². The quantitative estimate of drug-likeness (QED) is 0.676. The molecule has 0 atom stereocenters. The molecule has 1 fully saturated rings. The monoisotopic (exact) mass is 377 g/mol. The van der Waals surface area contributed by atoms with E-state index in [0.717, 1.165) is 18.4 Å². The van der Waals surface area contributed by atoms with Crippen molar-refractivity contribution in [2.75, 3.05) is 13.1 Å². The highest BCUT2D eigenvalue weighted by Gasteiger charge is 2.24. The van der Waals surface area contributed by atoms with Crippen LogP contribution in [0.25, 0.3) is 0 Å². The molecule has 3 rings (SSSR count). The fourth-order valence-electron chi connectivity index (χ4n) is 2.98. The molecule has 0 saturated carbocycles. The van der Waals surface area contributed by atoms with E-state index in [-0.39, 0.29) is 12.0 Å². The van der Waals surface area contributed by atoms with Gasteiger partial charge < -0.3 is 9.64 Å². The molecule has 6 heteroatoms. The summed E-state index contributed by atoms with van der Waals surface area (Å²) in [6.45, 7) is 1.88. The van der Waals surface area contributed by atoms with E-state index in [2.05, 4.69) is 0 Å². The lowest BCUT2D eigenvalue weighted by atomic mass is 10.1. The van der Waals surface area contributed by atoms with Crippen LogP contribution in [0.3, 0.4) is 0 Å². The van der Waals surface area contributed by atoms with Crippen LogP contribution < -0.4 is 0 Å². The minimum absolute atomic E-state index is 0.0555. The second-order valence-corrected chi connectivity index (χ2v) is 7.25. The van der Waals surface area contributed by atoms with Gasteiger partial charge >= 0.3 is 0 Å². The lowest BCUT2D eigenvalue weighted by Crippen LogP contribution is -2.40. The number of carbonyl (C=O) groups excluding carboxylic acids is 1. The molecule has 0 bridgehead atoms. The van der Waals surface area contributed by atoms with Gasteiger partial charge in [-0.1, -0.05) is 42.1 Å². The summed E-state index contributed by atoms with van der Waals surface area (Å²) < 4.78 is 30.7. The van der Waals surface area contributed by atoms with Crippen molar-refractivity contribution < 1.29 is 18.3 Å². The normalized spacial score (nSPS) is 15.4. The van der Waals surface area contributed by atoms with Gasteiger partial charge in [0.1, 0.15) is 0 Å². The van der Waals surface area contributed by atoms with Gasteiger partial charge in [0.2, 0.25) is 0 Å². The Hall–Kier alpha value is -1.92. The molecule has 0 N–H and O–H groups in total. The molecule has 1 aliphatic rings. The number of rotatable bonds is 6. The van der Waals surface area contributed by atoms with Crippen molar-refractivity contribution in [1.82, 2.24) is 4.90 Å². The molecule has 0 spiro atoms. The van der Waals surface area contributed by atoms with Gasteiger partial charge in [0.05, 0.1) is 12.7 Å². The van der Waals surface area contributed by atoms with E-state index in [9.17, 15) is 13.6 Å². The van der Waals surface area contributed by atoms with Crippen molar-refractivity contribution in [3.63, 3.8) is 0 Å². The predicted octanol–water partition coefficient (Wildman–Crippen LogP) is 4.82. The van der Waals surface area contributed by atoms with E-state index >= 15 is 0 Å². The van der Waals surface area contributed by atoms with Crippen molar-refractivity contribution in [3.8, 4) is 0 Å². The van der Waals surface area contributed by atoms with E-state index < -0.39 is 5.76 Å². The van der Waals surface area contributed by atoms with Gasteiger partial charge in [-0.3, -0.25) is 4.79 Å². The number of alkyl halides is 2. The Morgan fingerprint density at radius 2 is 1.73 bits per heavy atom. The van der Waals surface area contributed by atoms with Crippen LogP contribution in [0.2, 0.25) is 0 Å². The summed E-state index contributed by atoms with van der Waals surface area (Å²) in [6.07, 6.45) is 1.76. The maximum atomic E-state index is 12.5. The zero-order valence-electron chi connectivity index (χ0n) is 14.3. The molecule has 2 aromatic rings. The van der Waals surface area contributed by atoms with Crippen molar-refractivity contribution >= 4 is 17.7 Å². The smallest absolute Gasteiger partial charge is 0.288 e. The number of hydrogen-bond donors (Lipinski definition) is 0. The highest BCUT2D eigenvalue weighted by atomic mass is 32.2. The van der Waals surface area contributed by atoms with E-state index in [1.54, 1.807) is 29.2 Å². The largest absolute Gasteiger partial charge is 0.373 e. The third-order valence-electron chi connectivity index (χ3n) is 4.38. The summed E-state index contributed by atoms with van der Waals surface area (Å²) in [6, 6.07) is 16.4. The van der Waals surface area contributed by atoms with Crippen LogP contribution in [0, 0.1) is 0 Å². The molecule has 2 aromatic carbocycles. The fourth-order valence-corrected chi connectivity index (χ4v) is 3.47. The second kappa shape index (κ2) is 9.14. The van der Waals surface area contributed by atoms with Crippen LogP contribution in [0.5, 0.6) is 0 Å². The molecule has 3 nitrogen and oxygen atoms in total. The zero-order valence-corrected chi connectivity index (χ0v) is 15.1. The van der Waals surface area contributed by atoms with Gasteiger partial charge in [0, 0.05) is 23.5 Å². The van der Waals surface area contributed by atoms with Crippen molar-refractivity contribution in [2.24, 2.45) is 0 Å². The summed E-state index contributed by atoms with van der Waals surface area (Å²) >= 11 is 0.484. The van der Waals surface area contributed by atoms with Gasteiger partial charge in [-0.05, 0) is 42.7 Å². The summed E-state index contributed by atoms with van der Waals surface area (Å²) in [5.41, 5.74) is 1.68. The Bertz CT molecular complexity index is 702. The van der Waals surface area contributed by atoms with Crippen molar-refractivity contribution in [1.29, 1.82) is 0 Å². The molecule has 1 aliphatic heterocycles. The summed E-state index contributed by atoms with van der Waals surface area (Å²) in [5.74, 6) is -2.51. The summed E-state index contributed by atoms with van der Waals surface area (Å²) in [5, 5.41) is 0. The third kappa shape index (κ3) is 5.29. The number of ether oxygens (including phenoxy) is 1. The number of amides is 1. The second-order valence-electron chi connectivity index (χ2n) is 6.19. The number of halogens is 2. The standard InChI is InChI=1S/C20H21F2NO2S/c21-20(22)26-18-8-6-16(7-9-18)19(24)23-12-10-17(11-13-23)25-14-15-4-2-1-3-5-15/h1-9,17,20H,10-14H2. The molecular formula is C20H21F2NO2S. The summed E-state index contributed by atoms with van der Waals surface area (Å²) in [4.78, 5) is 14.8. The SMILES string of the molecule is O=C(c1ccc(SC(F)F)cc1)N1CCC(OCc2ccccc2)CC1. The summed E-state index contributed by atoms with van der Waals surface area (Å²) in [7, 11) is 0. The maximum Gasteiger partial charge on any atom is 0.288 e. The van der Waals surface area contributed by atoms with Crippen LogP contribution in [-0.2, 0) is 11.3 Å². The number of benzene rings is 2. The Balaban J connectivity index is 1.47. The highest BCUT2D eigenvalue weighted by Crippen LogP contribution is 2.26. The first-order valence-electron chi connectivity index (χ1n) is 8.61. The van der Waals surface area contributed by atoms with Crippen molar-refractivity contribution in [3.05, 3.63) is 65.7 Å². The highest BCUT2D eigenvalue weighted by molar-refractivity contribution is 7.99. The molecule has 0 aromatic heterocycles. The molecule has 0 radical (unpaired) electrons. The molecule has 1 heterocycles. The fraction of sp³-hybridized carbons (Fsp3) is 0.350. The molecule has 0 unspecified atom stereocenters. The van der Waals surface area contributed by atoms with Gasteiger partial charge in [0.15, 0.2) is 0 Å². The number of carbonyl (C=O) groups is 1. The van der Waals surface area contributed by atoms with Crippen LogP contribution in [0.1, 0.15) is 28.8 Å². The first-order chi connectivity index (χ1) is 12.6. The van der Waals surface area contributed by atoms with Gasteiger partial charge in [-0.15, -0.1) is 0 Å². The minimum atomic E-state index is -2.45. The predicted molar refractivity (Wildman–Crippen MR) is 98.5 cm³/mol. The van der Waals surface area contributed by atoms with Crippen LogP contribution in [-0.4, -0.2) is 35.8 Å². The molecular weight excluding hydrogens is 356 g/mol. The number of likely N-dealkylation sites (tertiary alicyclic amines) is 1. The average molecular weight is 377 g/mol. The third-order valence-corrected chi connectivity index (χ3v) is 5.11. The topological polar surface area (TPSA) is 29.5 Å². The van der Waals surface area contributed by atoms with Gasteiger partial charge in [-0.2, -0.15) is 8.78 Å². The Morgan fingerprint density at radius 3 is 2.35 bits per heavy atom. The first-order valence-corrected chi connectivity index (χ1v) is 9.49. The van der Waals surface area contributed by atoms with E-state index in [1.807, 2.05) is 30.3 Å². The van der Waals surface area contributed by atoms with E-state index in [0.29, 0.717) is 41.9 Å². The average Bonchev–Trinajstić information content (AvgIpc) is 2.67. The minimum Gasteiger partial charge on any atom is -0.373 e. The maximum absolute atomic E-state index is 12.5. The lowest BCUT2D eigenvalue weighted by molar-refractivity contribution is -0.000381. The molecule has 0 aliphatic carbocycles. The number of hydrogen-bond acceptors (Lipinski definition) is 3. The number of piperidine rings is 1. The first kappa shape index (κ1) is 18.9. The van der Waals surface area contributed by atoms with Crippen molar-refractivity contribution in [2.45, 2.75) is 36.2 Å². The zero-order chi connectivity index (χ0) is 18.4. The number of nitrogens with zero attached hydrogens (tertiary/aromatic N) is 1. The van der Waals surface area contributed by atoms with E-state index in [1.165, 1.54) is 0 Å². The lowest BCUT2D eigenvalue weighted by Gasteiger charge is -2.32.